The summed E-state index contributed by atoms with van der Waals surface area (Å²) < 4.78 is 11.8. The Balaban J connectivity index is 1.88. The second-order valence-corrected chi connectivity index (χ2v) is 5.33. The minimum atomic E-state index is -1.08. The van der Waals surface area contributed by atoms with Gasteiger partial charge in [-0.3, -0.25) is 0 Å². The summed E-state index contributed by atoms with van der Waals surface area (Å²) >= 11 is 5.85. The van der Waals surface area contributed by atoms with Crippen molar-refractivity contribution >= 4 is 17.6 Å². The van der Waals surface area contributed by atoms with Crippen molar-refractivity contribution in [1.82, 2.24) is 15.0 Å². The molecule has 24 heavy (non-hydrogen) atoms. The van der Waals surface area contributed by atoms with Crippen molar-refractivity contribution in [3.05, 3.63) is 65.8 Å². The molecule has 122 valence electrons. The molecule has 6 nitrogen and oxygen atoms in total. The minimum absolute atomic E-state index is 0.464. The number of esters is 1. The molecule has 0 aliphatic rings. The molecule has 0 saturated carbocycles. The van der Waals surface area contributed by atoms with Gasteiger partial charge in [-0.05, 0) is 24.3 Å². The van der Waals surface area contributed by atoms with E-state index in [-0.39, 0.29) is 0 Å². The molecule has 2 aromatic carbocycles. The van der Waals surface area contributed by atoms with Crippen LogP contribution in [0, 0.1) is 0 Å². The van der Waals surface area contributed by atoms with Gasteiger partial charge in [0.05, 0.1) is 13.3 Å². The van der Waals surface area contributed by atoms with Crippen LogP contribution in [-0.4, -0.2) is 28.1 Å². The Kier molecular flexibility index (Phi) is 4.77. The predicted molar refractivity (Wildman–Crippen MR) is 88.6 cm³/mol. The highest BCUT2D eigenvalue weighted by molar-refractivity contribution is 6.30. The van der Waals surface area contributed by atoms with Crippen molar-refractivity contribution < 1.29 is 14.3 Å². The number of ether oxygens (including phenoxy) is 2. The first-order valence-electron chi connectivity index (χ1n) is 7.14. The lowest BCUT2D eigenvalue weighted by Gasteiger charge is -2.16. The van der Waals surface area contributed by atoms with Crippen LogP contribution >= 0.6 is 11.6 Å². The molecule has 0 fully saturated rings. The maximum Gasteiger partial charge on any atom is 0.370 e. The van der Waals surface area contributed by atoms with Gasteiger partial charge < -0.3 is 9.47 Å². The van der Waals surface area contributed by atoms with E-state index in [0.717, 1.165) is 5.56 Å². The Morgan fingerprint density at radius 3 is 2.50 bits per heavy atom. The number of halogens is 1. The molecule has 0 amide bonds. The second-order valence-electron chi connectivity index (χ2n) is 4.90. The molecule has 0 N–H and O–H groups in total. The van der Waals surface area contributed by atoms with Crippen molar-refractivity contribution in [1.29, 1.82) is 0 Å². The minimum Gasteiger partial charge on any atom is -0.465 e. The highest BCUT2D eigenvalue weighted by Crippen LogP contribution is 2.22. The number of nitrogens with zero attached hydrogens (tertiary/aromatic N) is 3. The smallest absolute Gasteiger partial charge is 0.370 e. The number of carbonyl (C=O) groups excluding carboxylic acids is 1. The van der Waals surface area contributed by atoms with E-state index in [1.165, 1.54) is 11.8 Å². The van der Waals surface area contributed by atoms with Gasteiger partial charge in [0.2, 0.25) is 0 Å². The topological polar surface area (TPSA) is 66.2 Å². The molecule has 1 heterocycles. The third-order valence-electron chi connectivity index (χ3n) is 3.28. The van der Waals surface area contributed by atoms with E-state index in [4.69, 9.17) is 21.1 Å². The van der Waals surface area contributed by atoms with Crippen LogP contribution in [0.3, 0.4) is 0 Å². The first-order valence-corrected chi connectivity index (χ1v) is 7.52. The molecule has 7 heteroatoms. The van der Waals surface area contributed by atoms with Gasteiger partial charge >= 0.3 is 5.97 Å². The number of methoxy groups -OCH3 is 1. The van der Waals surface area contributed by atoms with Crippen LogP contribution in [0.5, 0.6) is 5.75 Å². The van der Waals surface area contributed by atoms with Gasteiger partial charge in [0.1, 0.15) is 11.4 Å². The highest BCUT2D eigenvalue weighted by Gasteiger charge is 2.25. The van der Waals surface area contributed by atoms with E-state index in [0.29, 0.717) is 16.5 Å². The fourth-order valence-electron chi connectivity index (χ4n) is 2.09. The average molecular weight is 344 g/mol. The van der Waals surface area contributed by atoms with E-state index >= 15 is 0 Å². The molecule has 0 spiro atoms. The van der Waals surface area contributed by atoms with Crippen molar-refractivity contribution in [2.75, 3.05) is 7.11 Å². The molecule has 0 aliphatic heterocycles. The maximum atomic E-state index is 12.1. The third kappa shape index (κ3) is 3.55. The van der Waals surface area contributed by atoms with Gasteiger partial charge in [0.25, 0.3) is 6.23 Å². The number of rotatable bonds is 5. The molecular weight excluding hydrogens is 330 g/mol. The van der Waals surface area contributed by atoms with Gasteiger partial charge in [0.15, 0.2) is 0 Å². The van der Waals surface area contributed by atoms with Crippen LogP contribution < -0.4 is 4.74 Å². The summed E-state index contributed by atoms with van der Waals surface area (Å²) in [6, 6.07) is 16.2. The largest absolute Gasteiger partial charge is 0.465 e. The Bertz CT molecular complexity index is 819. The summed E-state index contributed by atoms with van der Waals surface area (Å²) in [6.45, 7) is 0. The molecule has 0 bridgehead atoms. The normalized spacial score (nSPS) is 11.8. The van der Waals surface area contributed by atoms with Gasteiger partial charge in [-0.1, -0.05) is 47.1 Å². The predicted octanol–water partition coefficient (Wildman–Crippen LogP) is 3.35. The molecule has 1 atom stereocenters. The van der Waals surface area contributed by atoms with E-state index in [1.807, 2.05) is 30.3 Å². The van der Waals surface area contributed by atoms with Gasteiger partial charge in [0, 0.05) is 10.6 Å². The fraction of sp³-hybridized carbons (Fsp3) is 0.118. The third-order valence-corrected chi connectivity index (χ3v) is 3.54. The number of hydrogen-bond acceptors (Lipinski definition) is 5. The van der Waals surface area contributed by atoms with E-state index in [1.54, 1.807) is 30.5 Å². The van der Waals surface area contributed by atoms with Crippen LogP contribution in [0.1, 0.15) is 6.23 Å². The molecule has 0 saturated heterocycles. The zero-order chi connectivity index (χ0) is 16.9. The van der Waals surface area contributed by atoms with Crippen molar-refractivity contribution in [3.63, 3.8) is 0 Å². The monoisotopic (exact) mass is 343 g/mol. The quantitative estimate of drug-likeness (QED) is 0.665. The van der Waals surface area contributed by atoms with E-state index in [9.17, 15) is 4.79 Å². The number of aromatic nitrogens is 3. The Morgan fingerprint density at radius 1 is 1.12 bits per heavy atom. The van der Waals surface area contributed by atoms with Crippen LogP contribution in [-0.2, 0) is 9.53 Å². The summed E-state index contributed by atoms with van der Waals surface area (Å²) in [4.78, 5) is 12.1. The van der Waals surface area contributed by atoms with Gasteiger partial charge in [-0.2, -0.15) is 0 Å². The van der Waals surface area contributed by atoms with E-state index in [2.05, 4.69) is 10.3 Å². The van der Waals surface area contributed by atoms with Crippen molar-refractivity contribution in [3.8, 4) is 17.0 Å². The molecule has 0 aliphatic carbocycles. The summed E-state index contributed by atoms with van der Waals surface area (Å²) in [7, 11) is 1.29. The lowest BCUT2D eigenvalue weighted by molar-refractivity contribution is -0.154. The van der Waals surface area contributed by atoms with Gasteiger partial charge in [-0.25, -0.2) is 9.48 Å². The Labute approximate surface area is 143 Å². The lowest BCUT2D eigenvalue weighted by Crippen LogP contribution is -2.26. The van der Waals surface area contributed by atoms with Crippen LogP contribution in [0.15, 0.2) is 60.8 Å². The first kappa shape index (κ1) is 16.0. The Morgan fingerprint density at radius 2 is 1.83 bits per heavy atom. The second kappa shape index (κ2) is 7.14. The maximum absolute atomic E-state index is 12.1. The molecule has 3 rings (SSSR count). The Hall–Kier alpha value is -2.86. The number of benzene rings is 2. The van der Waals surface area contributed by atoms with Crippen molar-refractivity contribution in [2.24, 2.45) is 0 Å². The van der Waals surface area contributed by atoms with E-state index < -0.39 is 12.2 Å². The summed E-state index contributed by atoms with van der Waals surface area (Å²) in [5.74, 6) is -0.124. The highest BCUT2D eigenvalue weighted by atomic mass is 35.5. The molecule has 0 radical (unpaired) electrons. The van der Waals surface area contributed by atoms with Crippen LogP contribution in [0.4, 0.5) is 0 Å². The summed E-state index contributed by atoms with van der Waals surface area (Å²) in [5, 5.41) is 8.65. The van der Waals surface area contributed by atoms with Crippen LogP contribution in [0.2, 0.25) is 5.02 Å². The van der Waals surface area contributed by atoms with Crippen LogP contribution in [0.25, 0.3) is 11.3 Å². The number of carbonyl (C=O) groups is 1. The molecule has 1 unspecified atom stereocenters. The zero-order valence-electron chi connectivity index (χ0n) is 12.8. The molecular formula is C17H14ClN3O3. The lowest BCUT2D eigenvalue weighted by atomic mass is 10.2. The zero-order valence-corrected chi connectivity index (χ0v) is 13.6. The first-order chi connectivity index (χ1) is 11.7. The van der Waals surface area contributed by atoms with Gasteiger partial charge in [-0.15, -0.1) is 5.10 Å². The number of hydrogen-bond donors (Lipinski definition) is 0. The average Bonchev–Trinajstić information content (AvgIpc) is 3.11. The standard InChI is InChI=1S/C17H14ClN3O3/c1-23-17(22)16(24-14-9-7-13(18)8-10-14)21-11-15(19-20-21)12-5-3-2-4-6-12/h2-11,16H,1H3. The summed E-state index contributed by atoms with van der Waals surface area (Å²) in [5.41, 5.74) is 1.52. The SMILES string of the molecule is COC(=O)C(Oc1ccc(Cl)cc1)n1cc(-c2ccccc2)nn1. The fourth-order valence-corrected chi connectivity index (χ4v) is 2.21. The van der Waals surface area contributed by atoms with Crippen molar-refractivity contribution in [2.45, 2.75) is 6.23 Å². The molecule has 3 aromatic rings. The molecule has 1 aromatic heterocycles. The summed E-state index contributed by atoms with van der Waals surface area (Å²) in [6.07, 6.45) is 0.550.